The van der Waals surface area contributed by atoms with Gasteiger partial charge in [-0.05, 0) is 37.1 Å². The molecule has 0 radical (unpaired) electrons. The number of amides is 4. The van der Waals surface area contributed by atoms with Crippen molar-refractivity contribution >= 4 is 45.9 Å². The molecule has 0 aromatic heterocycles. The molecule has 2 heterocycles. The molecule has 0 bridgehead atoms. The zero-order valence-electron chi connectivity index (χ0n) is 22.6. The van der Waals surface area contributed by atoms with E-state index in [4.69, 9.17) is 5.73 Å². The standard InChI is InChI=1S/C28H36N6O5/c1-17(35)32(3)26(29)27(38)31-22-12-7-15-33(18(2)36)25-14-13-23(34(25)28(22)39)24(37)16-30-21-11-6-9-19-8-4-5-10-20(19)21/h4-6,8-11,22-23,25-26,30H,7,12-16,29H2,1-3H3,(H,31,38)/t22?,23-,25-,26-/m1/s1. The first kappa shape index (κ1) is 28.0. The predicted octanol–water partition coefficient (Wildman–Crippen LogP) is 1.03. The molecule has 1 unspecified atom stereocenters. The second-order valence-electron chi connectivity index (χ2n) is 10.2. The number of fused-ring (bicyclic) bond motifs is 2. The molecule has 4 rings (SSSR count). The van der Waals surface area contributed by atoms with Crippen LogP contribution in [0.25, 0.3) is 10.8 Å². The van der Waals surface area contributed by atoms with Crippen molar-refractivity contribution < 1.29 is 24.0 Å². The van der Waals surface area contributed by atoms with Gasteiger partial charge in [-0.2, -0.15) is 0 Å². The number of rotatable bonds is 7. The number of likely N-dealkylation sites (N-methyl/N-ethyl adjacent to an activating group) is 1. The molecule has 4 amide bonds. The molecule has 4 N–H and O–H groups in total. The molecule has 2 aliphatic rings. The van der Waals surface area contributed by atoms with E-state index in [2.05, 4.69) is 10.6 Å². The summed E-state index contributed by atoms with van der Waals surface area (Å²) in [6.45, 7) is 3.14. The van der Waals surface area contributed by atoms with Crippen molar-refractivity contribution in [1.29, 1.82) is 0 Å². The van der Waals surface area contributed by atoms with Gasteiger partial charge in [0.25, 0.3) is 5.91 Å². The summed E-state index contributed by atoms with van der Waals surface area (Å²) in [6, 6.07) is 12.0. The Morgan fingerprint density at radius 3 is 2.49 bits per heavy atom. The zero-order chi connectivity index (χ0) is 28.3. The molecule has 2 fully saturated rings. The van der Waals surface area contributed by atoms with Crippen LogP contribution >= 0.6 is 0 Å². The topological polar surface area (TPSA) is 145 Å². The lowest BCUT2D eigenvalue weighted by molar-refractivity contribution is -0.152. The van der Waals surface area contributed by atoms with E-state index in [1.807, 2.05) is 42.5 Å². The highest BCUT2D eigenvalue weighted by molar-refractivity contribution is 5.98. The van der Waals surface area contributed by atoms with Crippen molar-refractivity contribution in [2.24, 2.45) is 5.73 Å². The van der Waals surface area contributed by atoms with Crippen LogP contribution in [-0.4, -0.2) is 88.7 Å². The minimum Gasteiger partial charge on any atom is -0.377 e. The van der Waals surface area contributed by atoms with E-state index >= 15 is 0 Å². The normalized spacial score (nSPS) is 21.9. The molecule has 0 saturated carbocycles. The van der Waals surface area contributed by atoms with Crippen molar-refractivity contribution in [2.45, 2.75) is 63.9 Å². The van der Waals surface area contributed by atoms with Crippen LogP contribution < -0.4 is 16.4 Å². The third kappa shape index (κ3) is 5.88. The van der Waals surface area contributed by atoms with Crippen molar-refractivity contribution in [1.82, 2.24) is 20.0 Å². The Kier molecular flexibility index (Phi) is 8.49. The van der Waals surface area contributed by atoms with E-state index in [0.29, 0.717) is 25.8 Å². The third-order valence-electron chi connectivity index (χ3n) is 7.68. The van der Waals surface area contributed by atoms with Gasteiger partial charge in [0, 0.05) is 38.5 Å². The van der Waals surface area contributed by atoms with Crippen molar-refractivity contribution in [3.8, 4) is 0 Å². The number of benzene rings is 2. The molecular formula is C28H36N6O5. The van der Waals surface area contributed by atoms with Crippen LogP contribution in [0, 0.1) is 0 Å². The van der Waals surface area contributed by atoms with Crippen LogP contribution in [0.4, 0.5) is 5.69 Å². The highest BCUT2D eigenvalue weighted by Crippen LogP contribution is 2.31. The zero-order valence-corrected chi connectivity index (χ0v) is 22.6. The SMILES string of the molecule is CC(=O)N(C)[C@@H](N)C(=O)NC1CCCN(C(C)=O)[C@H]2CC[C@H](C(=O)CNc3cccc4ccccc34)N2C1=O. The minimum absolute atomic E-state index is 0.000547. The Morgan fingerprint density at radius 1 is 1.05 bits per heavy atom. The molecule has 11 nitrogen and oxygen atoms in total. The van der Waals surface area contributed by atoms with E-state index in [0.717, 1.165) is 21.4 Å². The molecule has 0 aliphatic carbocycles. The van der Waals surface area contributed by atoms with Gasteiger partial charge in [0.05, 0.1) is 12.6 Å². The van der Waals surface area contributed by atoms with E-state index in [9.17, 15) is 24.0 Å². The van der Waals surface area contributed by atoms with Crippen molar-refractivity contribution in [2.75, 3.05) is 25.5 Å². The lowest BCUT2D eigenvalue weighted by Crippen LogP contribution is -2.62. The second-order valence-corrected chi connectivity index (χ2v) is 10.2. The Morgan fingerprint density at radius 2 is 1.77 bits per heavy atom. The van der Waals surface area contributed by atoms with Gasteiger partial charge in [0.15, 0.2) is 11.9 Å². The molecule has 39 heavy (non-hydrogen) atoms. The number of hydrogen-bond acceptors (Lipinski definition) is 7. The molecule has 0 spiro atoms. The first-order valence-corrected chi connectivity index (χ1v) is 13.2. The van der Waals surface area contributed by atoms with E-state index in [1.165, 1.54) is 25.8 Å². The van der Waals surface area contributed by atoms with Gasteiger partial charge in [0.1, 0.15) is 12.2 Å². The van der Waals surface area contributed by atoms with Crippen LogP contribution in [0.2, 0.25) is 0 Å². The van der Waals surface area contributed by atoms with Crippen LogP contribution in [0.5, 0.6) is 0 Å². The average Bonchev–Trinajstić information content (AvgIpc) is 3.35. The Hall–Kier alpha value is -3.99. The number of anilines is 1. The number of carbonyl (C=O) groups excluding carboxylic acids is 5. The molecule has 208 valence electrons. The Bertz CT molecular complexity index is 1280. The van der Waals surface area contributed by atoms with Gasteiger partial charge in [-0.25, -0.2) is 0 Å². The fourth-order valence-corrected chi connectivity index (χ4v) is 5.44. The van der Waals surface area contributed by atoms with Crippen LogP contribution in [0.1, 0.15) is 39.5 Å². The summed E-state index contributed by atoms with van der Waals surface area (Å²) in [7, 11) is 1.41. The van der Waals surface area contributed by atoms with Gasteiger partial charge >= 0.3 is 0 Å². The highest BCUT2D eigenvalue weighted by atomic mass is 16.2. The summed E-state index contributed by atoms with van der Waals surface area (Å²) in [4.78, 5) is 68.5. The first-order valence-electron chi connectivity index (χ1n) is 13.2. The molecule has 2 saturated heterocycles. The molecule has 2 aliphatic heterocycles. The van der Waals surface area contributed by atoms with Crippen molar-refractivity contribution in [3.05, 3.63) is 42.5 Å². The second kappa shape index (κ2) is 11.8. The van der Waals surface area contributed by atoms with Gasteiger partial charge in [-0.1, -0.05) is 36.4 Å². The predicted molar refractivity (Wildman–Crippen MR) is 146 cm³/mol. The summed E-state index contributed by atoms with van der Waals surface area (Å²) >= 11 is 0. The first-order chi connectivity index (χ1) is 18.6. The number of nitrogens with one attached hydrogen (secondary N) is 2. The summed E-state index contributed by atoms with van der Waals surface area (Å²) in [5, 5.41) is 7.94. The van der Waals surface area contributed by atoms with E-state index in [-0.39, 0.29) is 30.6 Å². The molecule has 11 heteroatoms. The number of nitrogens with two attached hydrogens (primary N) is 1. The summed E-state index contributed by atoms with van der Waals surface area (Å²) in [5.41, 5.74) is 6.74. The van der Waals surface area contributed by atoms with Gasteiger partial charge in [-0.3, -0.25) is 24.0 Å². The average molecular weight is 537 g/mol. The van der Waals surface area contributed by atoms with Crippen LogP contribution in [0.3, 0.4) is 0 Å². The molecule has 2 aromatic carbocycles. The van der Waals surface area contributed by atoms with Gasteiger partial charge in [-0.15, -0.1) is 0 Å². The highest BCUT2D eigenvalue weighted by Gasteiger charge is 2.47. The van der Waals surface area contributed by atoms with E-state index < -0.39 is 36.2 Å². The van der Waals surface area contributed by atoms with Crippen LogP contribution in [0.15, 0.2) is 42.5 Å². The fourth-order valence-electron chi connectivity index (χ4n) is 5.44. The quantitative estimate of drug-likeness (QED) is 0.448. The molecular weight excluding hydrogens is 500 g/mol. The Labute approximate surface area is 227 Å². The van der Waals surface area contributed by atoms with Gasteiger partial charge in [0.2, 0.25) is 17.7 Å². The summed E-state index contributed by atoms with van der Waals surface area (Å²) in [5.74, 6) is -1.83. The molecule has 2 aromatic rings. The largest absolute Gasteiger partial charge is 0.377 e. The van der Waals surface area contributed by atoms with Gasteiger partial charge < -0.3 is 31.1 Å². The lowest BCUT2D eigenvalue weighted by atomic mass is 10.0. The smallest absolute Gasteiger partial charge is 0.258 e. The maximum absolute atomic E-state index is 13.9. The summed E-state index contributed by atoms with van der Waals surface area (Å²) < 4.78 is 0. The number of Topliss-reactive ketones (excluding diaryl/α,β-unsaturated/α-hetero) is 1. The fraction of sp³-hybridized carbons (Fsp3) is 0.464. The Balaban J connectivity index is 1.54. The maximum Gasteiger partial charge on any atom is 0.258 e. The maximum atomic E-state index is 13.9. The lowest BCUT2D eigenvalue weighted by Gasteiger charge is -2.41. The number of nitrogens with zero attached hydrogens (tertiary/aromatic N) is 3. The van der Waals surface area contributed by atoms with E-state index in [1.54, 1.807) is 4.90 Å². The van der Waals surface area contributed by atoms with Crippen molar-refractivity contribution in [3.63, 3.8) is 0 Å². The molecule has 4 atom stereocenters. The number of carbonyl (C=O) groups is 5. The number of ketones is 1. The summed E-state index contributed by atoms with van der Waals surface area (Å²) in [6.07, 6.45) is -0.212. The van der Waals surface area contributed by atoms with Crippen LogP contribution in [-0.2, 0) is 24.0 Å². The minimum atomic E-state index is -1.26. The number of hydrogen-bond donors (Lipinski definition) is 3. The monoisotopic (exact) mass is 536 g/mol. The third-order valence-corrected chi connectivity index (χ3v) is 7.68.